The second-order valence-electron chi connectivity index (χ2n) is 8.00. The van der Waals surface area contributed by atoms with Gasteiger partial charge < -0.3 is 14.6 Å². The Kier molecular flexibility index (Phi) is 5.53. The standard InChI is InChI=1S/C23H23ClN6O2/c1-15(19-3-2-14-32-19)25-23(31)17-10-12-29(13-11-17)21-9-8-20-26-27-22(30(20)28-21)16-4-6-18(24)7-5-16/h2-9,14-15,17H,10-13H2,1H3,(H,25,31). The zero-order valence-corrected chi connectivity index (χ0v) is 18.4. The van der Waals surface area contributed by atoms with E-state index in [9.17, 15) is 4.79 Å². The van der Waals surface area contributed by atoms with Crippen LogP contribution in [-0.2, 0) is 4.79 Å². The largest absolute Gasteiger partial charge is 0.467 e. The molecule has 1 amide bonds. The van der Waals surface area contributed by atoms with Gasteiger partial charge in [0.1, 0.15) is 11.6 Å². The zero-order chi connectivity index (χ0) is 22.1. The zero-order valence-electron chi connectivity index (χ0n) is 17.6. The van der Waals surface area contributed by atoms with Gasteiger partial charge in [-0.15, -0.1) is 15.3 Å². The van der Waals surface area contributed by atoms with Crippen molar-refractivity contribution in [2.45, 2.75) is 25.8 Å². The molecule has 3 aromatic heterocycles. The van der Waals surface area contributed by atoms with Gasteiger partial charge in [-0.1, -0.05) is 11.6 Å². The van der Waals surface area contributed by atoms with Crippen LogP contribution >= 0.6 is 11.6 Å². The molecule has 1 unspecified atom stereocenters. The molecule has 1 N–H and O–H groups in total. The van der Waals surface area contributed by atoms with E-state index in [1.807, 2.05) is 55.5 Å². The summed E-state index contributed by atoms with van der Waals surface area (Å²) in [7, 11) is 0. The Bertz CT molecular complexity index is 1210. The third-order valence-corrected chi connectivity index (χ3v) is 6.12. The fourth-order valence-corrected chi connectivity index (χ4v) is 4.16. The van der Waals surface area contributed by atoms with Gasteiger partial charge in [0.05, 0.1) is 12.3 Å². The maximum Gasteiger partial charge on any atom is 0.223 e. The molecule has 32 heavy (non-hydrogen) atoms. The first-order valence-electron chi connectivity index (χ1n) is 10.7. The minimum atomic E-state index is -0.139. The van der Waals surface area contributed by atoms with Crippen molar-refractivity contribution in [3.63, 3.8) is 0 Å². The number of aromatic nitrogens is 4. The topological polar surface area (TPSA) is 88.6 Å². The lowest BCUT2D eigenvalue weighted by Crippen LogP contribution is -2.41. The molecule has 8 nitrogen and oxygen atoms in total. The molecule has 0 spiro atoms. The van der Waals surface area contributed by atoms with E-state index in [0.717, 1.165) is 43.1 Å². The molecule has 1 fully saturated rings. The summed E-state index contributed by atoms with van der Waals surface area (Å²) in [4.78, 5) is 14.9. The van der Waals surface area contributed by atoms with Gasteiger partial charge in [0.25, 0.3) is 0 Å². The molecule has 0 radical (unpaired) electrons. The van der Waals surface area contributed by atoms with Gasteiger partial charge in [-0.3, -0.25) is 4.79 Å². The molecule has 164 valence electrons. The summed E-state index contributed by atoms with van der Waals surface area (Å²) in [6.07, 6.45) is 3.15. The number of nitrogens with zero attached hydrogens (tertiary/aromatic N) is 5. The van der Waals surface area contributed by atoms with Crippen molar-refractivity contribution in [2.75, 3.05) is 18.0 Å². The number of halogens is 1. The number of anilines is 1. The Morgan fingerprint density at radius 2 is 1.91 bits per heavy atom. The molecule has 1 saturated heterocycles. The van der Waals surface area contributed by atoms with E-state index in [-0.39, 0.29) is 17.9 Å². The van der Waals surface area contributed by atoms with Crippen LogP contribution in [0.25, 0.3) is 17.0 Å². The highest BCUT2D eigenvalue weighted by Gasteiger charge is 2.27. The van der Waals surface area contributed by atoms with Crippen molar-refractivity contribution < 1.29 is 9.21 Å². The van der Waals surface area contributed by atoms with Crippen molar-refractivity contribution in [1.82, 2.24) is 25.1 Å². The third-order valence-electron chi connectivity index (χ3n) is 5.87. The number of hydrogen-bond donors (Lipinski definition) is 1. The van der Waals surface area contributed by atoms with Crippen LogP contribution < -0.4 is 10.2 Å². The molecule has 0 bridgehead atoms. The second-order valence-corrected chi connectivity index (χ2v) is 8.44. The van der Waals surface area contributed by atoms with Crippen molar-refractivity contribution >= 4 is 29.0 Å². The van der Waals surface area contributed by atoms with E-state index in [4.69, 9.17) is 21.1 Å². The van der Waals surface area contributed by atoms with E-state index < -0.39 is 0 Å². The fourth-order valence-electron chi connectivity index (χ4n) is 4.04. The van der Waals surface area contributed by atoms with E-state index in [0.29, 0.717) is 16.5 Å². The number of rotatable bonds is 5. The molecular formula is C23H23ClN6O2. The summed E-state index contributed by atoms with van der Waals surface area (Å²) in [6.45, 7) is 3.44. The van der Waals surface area contributed by atoms with E-state index in [1.165, 1.54) is 0 Å². The minimum Gasteiger partial charge on any atom is -0.467 e. The maximum atomic E-state index is 12.7. The molecule has 0 saturated carbocycles. The van der Waals surface area contributed by atoms with Crippen molar-refractivity contribution in [3.05, 3.63) is 65.6 Å². The highest BCUT2D eigenvalue weighted by molar-refractivity contribution is 6.30. The van der Waals surface area contributed by atoms with Crippen LogP contribution in [0.4, 0.5) is 5.82 Å². The molecule has 9 heteroatoms. The maximum absolute atomic E-state index is 12.7. The second kappa shape index (κ2) is 8.63. The minimum absolute atomic E-state index is 0.0214. The first-order chi connectivity index (χ1) is 15.6. The quantitative estimate of drug-likeness (QED) is 0.491. The van der Waals surface area contributed by atoms with Gasteiger partial charge in [-0.25, -0.2) is 0 Å². The van der Waals surface area contributed by atoms with Crippen LogP contribution in [0.2, 0.25) is 5.02 Å². The molecule has 1 atom stereocenters. The number of hydrogen-bond acceptors (Lipinski definition) is 6. The van der Waals surface area contributed by atoms with Crippen molar-refractivity contribution in [3.8, 4) is 11.4 Å². The monoisotopic (exact) mass is 450 g/mol. The van der Waals surface area contributed by atoms with Crippen LogP contribution in [0.3, 0.4) is 0 Å². The molecule has 0 aliphatic carbocycles. The predicted octanol–water partition coefficient (Wildman–Crippen LogP) is 4.13. The van der Waals surface area contributed by atoms with Gasteiger partial charge >= 0.3 is 0 Å². The average molecular weight is 451 g/mol. The number of nitrogens with one attached hydrogen (secondary N) is 1. The number of amides is 1. The number of fused-ring (bicyclic) bond motifs is 1. The fraction of sp³-hybridized carbons (Fsp3) is 0.304. The summed E-state index contributed by atoms with van der Waals surface area (Å²) < 4.78 is 7.14. The lowest BCUT2D eigenvalue weighted by atomic mass is 9.95. The van der Waals surface area contributed by atoms with Crippen molar-refractivity contribution in [2.24, 2.45) is 5.92 Å². The summed E-state index contributed by atoms with van der Waals surface area (Å²) in [5.74, 6) is 2.32. The first-order valence-corrected chi connectivity index (χ1v) is 11.0. The average Bonchev–Trinajstić information content (AvgIpc) is 3.50. The van der Waals surface area contributed by atoms with Crippen LogP contribution in [0, 0.1) is 5.92 Å². The van der Waals surface area contributed by atoms with Gasteiger partial charge in [0, 0.05) is 29.6 Å². The smallest absolute Gasteiger partial charge is 0.223 e. The molecule has 4 aromatic rings. The van der Waals surface area contributed by atoms with Crippen LogP contribution in [-0.4, -0.2) is 38.8 Å². The number of benzene rings is 1. The predicted molar refractivity (Wildman–Crippen MR) is 121 cm³/mol. The SMILES string of the molecule is CC(NC(=O)C1CCN(c2ccc3nnc(-c4ccc(Cl)cc4)n3n2)CC1)c1ccco1. The van der Waals surface area contributed by atoms with Crippen molar-refractivity contribution in [1.29, 1.82) is 0 Å². The van der Waals surface area contributed by atoms with E-state index >= 15 is 0 Å². The first kappa shape index (κ1) is 20.5. The Morgan fingerprint density at radius 1 is 1.12 bits per heavy atom. The molecule has 1 aliphatic heterocycles. The third kappa shape index (κ3) is 4.05. The molecule has 4 heterocycles. The Balaban J connectivity index is 1.27. The van der Waals surface area contributed by atoms with Gasteiger partial charge in [0.15, 0.2) is 11.5 Å². The normalized spacial score (nSPS) is 15.8. The Morgan fingerprint density at radius 3 is 2.62 bits per heavy atom. The van der Waals surface area contributed by atoms with E-state index in [1.54, 1.807) is 10.8 Å². The van der Waals surface area contributed by atoms with Crippen LogP contribution in [0.5, 0.6) is 0 Å². The van der Waals surface area contributed by atoms with Crippen LogP contribution in [0.1, 0.15) is 31.6 Å². The summed E-state index contributed by atoms with van der Waals surface area (Å²) in [6, 6.07) is 14.9. The molecule has 5 rings (SSSR count). The summed E-state index contributed by atoms with van der Waals surface area (Å²) in [5.41, 5.74) is 1.58. The van der Waals surface area contributed by atoms with Gasteiger partial charge in [0.2, 0.25) is 5.91 Å². The molecular weight excluding hydrogens is 428 g/mol. The van der Waals surface area contributed by atoms with Gasteiger partial charge in [-0.05, 0) is 68.3 Å². The molecule has 1 aliphatic rings. The number of furan rings is 1. The molecule has 1 aromatic carbocycles. The number of carbonyl (C=O) groups excluding carboxylic acids is 1. The van der Waals surface area contributed by atoms with Gasteiger partial charge in [-0.2, -0.15) is 4.52 Å². The number of piperidine rings is 1. The summed E-state index contributed by atoms with van der Waals surface area (Å²) >= 11 is 6.01. The lowest BCUT2D eigenvalue weighted by Gasteiger charge is -2.32. The van der Waals surface area contributed by atoms with E-state index in [2.05, 4.69) is 20.4 Å². The highest BCUT2D eigenvalue weighted by Crippen LogP contribution is 2.25. The summed E-state index contributed by atoms with van der Waals surface area (Å²) in [5, 5.41) is 17.0. The lowest BCUT2D eigenvalue weighted by molar-refractivity contribution is -0.126. The Labute approximate surface area is 190 Å². The Hall–Kier alpha value is -3.39. The van der Waals surface area contributed by atoms with Crippen LogP contribution in [0.15, 0.2) is 59.2 Å². The number of carbonyl (C=O) groups is 1. The highest BCUT2D eigenvalue weighted by atomic mass is 35.5.